The Kier molecular flexibility index (Phi) is 5.28. The summed E-state index contributed by atoms with van der Waals surface area (Å²) in [7, 11) is 2.07. The molecule has 0 radical (unpaired) electrons. The van der Waals surface area contributed by atoms with Crippen molar-refractivity contribution in [3.05, 3.63) is 35.4 Å². The van der Waals surface area contributed by atoms with Gasteiger partial charge in [-0.3, -0.25) is 0 Å². The maximum absolute atomic E-state index is 12.6. The van der Waals surface area contributed by atoms with Crippen LogP contribution in [0.2, 0.25) is 0 Å². The van der Waals surface area contributed by atoms with Crippen LogP contribution >= 0.6 is 0 Å². The van der Waals surface area contributed by atoms with Gasteiger partial charge in [0.25, 0.3) is 6.43 Å². The van der Waals surface area contributed by atoms with Gasteiger partial charge in [0.1, 0.15) is 0 Å². The molecule has 1 aliphatic heterocycles. The average Bonchev–Trinajstić information content (AvgIpc) is 2.40. The van der Waals surface area contributed by atoms with Crippen LogP contribution in [0.3, 0.4) is 0 Å². The molecule has 1 N–H and O–H groups in total. The summed E-state index contributed by atoms with van der Waals surface area (Å²) < 4.78 is 25.3. The van der Waals surface area contributed by atoms with Crippen LogP contribution in [0.15, 0.2) is 24.3 Å². The van der Waals surface area contributed by atoms with Crippen molar-refractivity contribution in [3.8, 4) is 0 Å². The van der Waals surface area contributed by atoms with Gasteiger partial charge in [-0.05, 0) is 50.5 Å². The summed E-state index contributed by atoms with van der Waals surface area (Å²) in [6.07, 6.45) is 0.0395. The normalized spacial score (nSPS) is 17.3. The number of nitrogens with one attached hydrogen (secondary N) is 1. The second-order valence-electron chi connectivity index (χ2n) is 5.44. The molecular weight excluding hydrogens is 246 g/mol. The topological polar surface area (TPSA) is 15.3 Å². The van der Waals surface area contributed by atoms with E-state index in [-0.39, 0.29) is 5.56 Å². The second kappa shape index (κ2) is 6.96. The van der Waals surface area contributed by atoms with Crippen LogP contribution in [-0.2, 0) is 6.54 Å². The van der Waals surface area contributed by atoms with E-state index in [1.54, 1.807) is 12.1 Å². The van der Waals surface area contributed by atoms with Crippen molar-refractivity contribution in [1.29, 1.82) is 0 Å². The van der Waals surface area contributed by atoms with E-state index in [0.717, 1.165) is 37.7 Å². The molecule has 1 heterocycles. The quantitative estimate of drug-likeness (QED) is 0.883. The molecule has 2 rings (SSSR count). The highest BCUT2D eigenvalue weighted by Crippen LogP contribution is 2.20. The molecule has 0 aliphatic carbocycles. The fourth-order valence-corrected chi connectivity index (χ4v) is 2.71. The summed E-state index contributed by atoms with van der Waals surface area (Å²) in [5.41, 5.74) is 1.09. The van der Waals surface area contributed by atoms with Gasteiger partial charge in [-0.25, -0.2) is 8.78 Å². The van der Waals surface area contributed by atoms with Gasteiger partial charge >= 0.3 is 0 Å². The van der Waals surface area contributed by atoms with Gasteiger partial charge in [0, 0.05) is 18.7 Å². The minimum absolute atomic E-state index is 0.118. The van der Waals surface area contributed by atoms with Crippen LogP contribution < -0.4 is 5.32 Å². The summed E-state index contributed by atoms with van der Waals surface area (Å²) in [5, 5.41) is 3.36. The molecule has 0 bridgehead atoms. The highest BCUT2D eigenvalue weighted by Gasteiger charge is 2.15. The van der Waals surface area contributed by atoms with Crippen molar-refractivity contribution < 1.29 is 8.78 Å². The molecule has 0 amide bonds. The minimum atomic E-state index is -2.38. The fourth-order valence-electron chi connectivity index (χ4n) is 2.71. The van der Waals surface area contributed by atoms with E-state index in [9.17, 15) is 8.78 Å². The number of benzene rings is 1. The summed E-state index contributed by atoms with van der Waals surface area (Å²) in [4.78, 5) is 2.24. The van der Waals surface area contributed by atoms with E-state index in [2.05, 4.69) is 17.3 Å². The third kappa shape index (κ3) is 4.55. The summed E-state index contributed by atoms with van der Waals surface area (Å²) in [5.74, 6) is 0.726. The van der Waals surface area contributed by atoms with Crippen LogP contribution in [0.25, 0.3) is 0 Å². The number of rotatable bonds is 5. The first-order valence-corrected chi connectivity index (χ1v) is 6.91. The Labute approximate surface area is 113 Å². The van der Waals surface area contributed by atoms with E-state index in [1.807, 2.05) is 6.07 Å². The lowest BCUT2D eigenvalue weighted by atomic mass is 9.97. The Morgan fingerprint density at radius 3 is 2.74 bits per heavy atom. The van der Waals surface area contributed by atoms with Gasteiger partial charge in [0.2, 0.25) is 0 Å². The lowest BCUT2D eigenvalue weighted by Crippen LogP contribution is -2.34. The molecular formula is C15H22F2N2. The third-order valence-corrected chi connectivity index (χ3v) is 3.68. The Bertz CT molecular complexity index is 389. The van der Waals surface area contributed by atoms with Crippen molar-refractivity contribution in [2.45, 2.75) is 25.8 Å². The summed E-state index contributed by atoms with van der Waals surface area (Å²) >= 11 is 0. The molecule has 0 aromatic heterocycles. The molecule has 0 atom stereocenters. The van der Waals surface area contributed by atoms with Gasteiger partial charge in [-0.2, -0.15) is 0 Å². The van der Waals surface area contributed by atoms with E-state index in [1.165, 1.54) is 18.9 Å². The smallest absolute Gasteiger partial charge is 0.263 e. The largest absolute Gasteiger partial charge is 0.317 e. The van der Waals surface area contributed by atoms with E-state index in [4.69, 9.17) is 0 Å². The SMILES string of the molecule is CN(Cc1cccc(C(F)F)c1)CC1CCNCC1. The molecule has 4 heteroatoms. The van der Waals surface area contributed by atoms with Gasteiger partial charge < -0.3 is 10.2 Å². The molecule has 1 fully saturated rings. The third-order valence-electron chi connectivity index (χ3n) is 3.68. The highest BCUT2D eigenvalue weighted by molar-refractivity contribution is 5.24. The average molecular weight is 268 g/mol. The molecule has 1 aromatic carbocycles. The molecule has 0 unspecified atom stereocenters. The number of alkyl halides is 2. The predicted octanol–water partition coefficient (Wildman–Crippen LogP) is 3.06. The molecule has 106 valence electrons. The second-order valence-corrected chi connectivity index (χ2v) is 5.44. The van der Waals surface area contributed by atoms with Gasteiger partial charge in [0.15, 0.2) is 0 Å². The minimum Gasteiger partial charge on any atom is -0.317 e. The van der Waals surface area contributed by atoms with Crippen molar-refractivity contribution in [1.82, 2.24) is 10.2 Å². The molecule has 2 nitrogen and oxygen atoms in total. The Morgan fingerprint density at radius 2 is 2.05 bits per heavy atom. The summed E-state index contributed by atoms with van der Waals surface area (Å²) in [6.45, 7) is 3.98. The predicted molar refractivity (Wildman–Crippen MR) is 73.3 cm³/mol. The van der Waals surface area contributed by atoms with Crippen molar-refractivity contribution in [2.75, 3.05) is 26.7 Å². The van der Waals surface area contributed by atoms with Crippen LogP contribution in [0.1, 0.15) is 30.4 Å². The van der Waals surface area contributed by atoms with Crippen molar-refractivity contribution in [3.63, 3.8) is 0 Å². The number of halogens is 2. The first-order valence-electron chi connectivity index (χ1n) is 6.91. The molecule has 0 saturated carbocycles. The molecule has 1 saturated heterocycles. The van der Waals surface area contributed by atoms with Crippen molar-refractivity contribution in [2.24, 2.45) is 5.92 Å². The first kappa shape index (κ1) is 14.4. The highest BCUT2D eigenvalue weighted by atomic mass is 19.3. The number of hydrogen-bond acceptors (Lipinski definition) is 2. The zero-order valence-electron chi connectivity index (χ0n) is 11.4. The monoisotopic (exact) mass is 268 g/mol. The summed E-state index contributed by atoms with van der Waals surface area (Å²) in [6, 6.07) is 6.74. The number of piperidine rings is 1. The Morgan fingerprint density at radius 1 is 1.32 bits per heavy atom. The maximum atomic E-state index is 12.6. The van der Waals surface area contributed by atoms with E-state index >= 15 is 0 Å². The number of hydrogen-bond donors (Lipinski definition) is 1. The van der Waals surface area contributed by atoms with Gasteiger partial charge in [-0.15, -0.1) is 0 Å². The van der Waals surface area contributed by atoms with E-state index < -0.39 is 6.43 Å². The molecule has 1 aliphatic rings. The Hall–Kier alpha value is -1.00. The lowest BCUT2D eigenvalue weighted by molar-refractivity contribution is 0.151. The van der Waals surface area contributed by atoms with Crippen molar-refractivity contribution >= 4 is 0 Å². The molecule has 19 heavy (non-hydrogen) atoms. The maximum Gasteiger partial charge on any atom is 0.263 e. The number of nitrogens with zero attached hydrogens (tertiary/aromatic N) is 1. The van der Waals surface area contributed by atoms with Gasteiger partial charge in [-0.1, -0.05) is 18.2 Å². The standard InChI is InChI=1S/C15H22F2N2/c1-19(10-12-5-7-18-8-6-12)11-13-3-2-4-14(9-13)15(16)17/h2-4,9,12,15,18H,5-8,10-11H2,1H3. The van der Waals surface area contributed by atoms with Crippen LogP contribution in [0, 0.1) is 5.92 Å². The first-order chi connectivity index (χ1) is 9.15. The van der Waals surface area contributed by atoms with Crippen LogP contribution in [0.4, 0.5) is 8.78 Å². The molecule has 1 aromatic rings. The Balaban J connectivity index is 1.87. The zero-order chi connectivity index (χ0) is 13.7. The fraction of sp³-hybridized carbons (Fsp3) is 0.600. The van der Waals surface area contributed by atoms with Crippen LogP contribution in [-0.4, -0.2) is 31.6 Å². The zero-order valence-corrected chi connectivity index (χ0v) is 11.4. The molecule has 0 spiro atoms. The van der Waals surface area contributed by atoms with Gasteiger partial charge in [0.05, 0.1) is 0 Å². The van der Waals surface area contributed by atoms with Crippen LogP contribution in [0.5, 0.6) is 0 Å². The van der Waals surface area contributed by atoms with E-state index in [0.29, 0.717) is 0 Å². The lowest BCUT2D eigenvalue weighted by Gasteiger charge is -2.27.